The second kappa shape index (κ2) is 9.40. The molecule has 0 fully saturated rings. The van der Waals surface area contributed by atoms with Crippen LogP contribution in [0.4, 0.5) is 4.39 Å². The Bertz CT molecular complexity index is 1620. The van der Waals surface area contributed by atoms with Crippen LogP contribution in [0.3, 0.4) is 0 Å². The van der Waals surface area contributed by atoms with Crippen LogP contribution in [-0.4, -0.2) is 38.0 Å². The number of hydrogen-bond donors (Lipinski definition) is 2. The molecule has 2 N–H and O–H groups in total. The number of aromatic nitrogens is 3. The Kier molecular flexibility index (Phi) is 6.35. The lowest BCUT2D eigenvalue weighted by molar-refractivity contribution is -0.161. The summed E-state index contributed by atoms with van der Waals surface area (Å²) in [5, 5.41) is 17.9. The fourth-order valence-corrected chi connectivity index (χ4v) is 5.21. The molecule has 0 unspecified atom stereocenters. The molecule has 0 saturated carbocycles. The van der Waals surface area contributed by atoms with Crippen LogP contribution < -0.4 is 10.3 Å². The summed E-state index contributed by atoms with van der Waals surface area (Å²) >= 11 is 0. The number of hydrogen-bond acceptors (Lipinski definition) is 5. The molecule has 8 nitrogen and oxygen atoms in total. The minimum absolute atomic E-state index is 0.153. The summed E-state index contributed by atoms with van der Waals surface area (Å²) < 4.78 is 28.4. The van der Waals surface area contributed by atoms with Crippen molar-refractivity contribution >= 4 is 16.7 Å². The van der Waals surface area contributed by atoms with Crippen molar-refractivity contribution < 1.29 is 23.8 Å². The molecule has 5 rings (SSSR count). The molecule has 4 aromatic rings. The molecule has 0 bridgehead atoms. The van der Waals surface area contributed by atoms with Crippen molar-refractivity contribution in [2.45, 2.75) is 52.2 Å². The number of pyridine rings is 1. The van der Waals surface area contributed by atoms with Gasteiger partial charge in [-0.2, -0.15) is 5.10 Å². The van der Waals surface area contributed by atoms with E-state index in [-0.39, 0.29) is 17.0 Å². The SMILES string of the molecule is Cc1c(-c2c([C@H](OC(C)(C)C)C(=O)O)n(C)c(=O)c3cc(-c4cn[nH]c4)ccc23)cc(F)c2c1CCCO2. The van der Waals surface area contributed by atoms with E-state index < -0.39 is 23.5 Å². The summed E-state index contributed by atoms with van der Waals surface area (Å²) in [6.07, 6.45) is 3.28. The van der Waals surface area contributed by atoms with E-state index in [0.717, 1.165) is 28.7 Å². The molecule has 2 aromatic carbocycles. The summed E-state index contributed by atoms with van der Waals surface area (Å²) in [7, 11) is 1.53. The molecule has 38 heavy (non-hydrogen) atoms. The molecule has 2 aromatic heterocycles. The first kappa shape index (κ1) is 25.7. The van der Waals surface area contributed by atoms with Gasteiger partial charge in [0.1, 0.15) is 0 Å². The second-order valence-electron chi connectivity index (χ2n) is 10.6. The fraction of sp³-hybridized carbons (Fsp3) is 0.345. The lowest BCUT2D eigenvalue weighted by Gasteiger charge is -2.29. The molecule has 1 aliphatic rings. The highest BCUT2D eigenvalue weighted by Crippen LogP contribution is 2.43. The quantitative estimate of drug-likeness (QED) is 0.370. The normalized spacial score (nSPS) is 14.3. The Morgan fingerprint density at radius 1 is 1.24 bits per heavy atom. The molecule has 0 radical (unpaired) electrons. The number of carbonyl (C=O) groups is 1. The van der Waals surface area contributed by atoms with Crippen molar-refractivity contribution in [1.82, 2.24) is 14.8 Å². The fourth-order valence-electron chi connectivity index (χ4n) is 5.21. The lowest BCUT2D eigenvalue weighted by Crippen LogP contribution is -2.33. The van der Waals surface area contributed by atoms with Crippen LogP contribution in [0, 0.1) is 12.7 Å². The third-order valence-corrected chi connectivity index (χ3v) is 6.92. The zero-order valence-corrected chi connectivity index (χ0v) is 22.0. The zero-order chi connectivity index (χ0) is 27.4. The van der Waals surface area contributed by atoms with Gasteiger partial charge in [-0.15, -0.1) is 0 Å². The molecular weight excluding hydrogens is 489 g/mol. The summed E-state index contributed by atoms with van der Waals surface area (Å²) in [5.74, 6) is -1.53. The number of carboxylic acid groups (broad SMARTS) is 1. The number of benzene rings is 2. The number of nitrogens with one attached hydrogen (secondary N) is 1. The Morgan fingerprint density at radius 3 is 2.66 bits per heavy atom. The average Bonchev–Trinajstić information content (AvgIpc) is 3.41. The largest absolute Gasteiger partial charge is 0.490 e. The maximum atomic E-state index is 15.4. The van der Waals surface area contributed by atoms with E-state index in [1.165, 1.54) is 17.7 Å². The summed E-state index contributed by atoms with van der Waals surface area (Å²) in [4.78, 5) is 26.3. The average molecular weight is 520 g/mol. The molecule has 0 spiro atoms. The van der Waals surface area contributed by atoms with Gasteiger partial charge in [0.25, 0.3) is 5.56 Å². The number of ether oxygens (including phenoxy) is 2. The molecular formula is C29H30FN3O5. The van der Waals surface area contributed by atoms with Crippen LogP contribution in [0.25, 0.3) is 33.0 Å². The maximum Gasteiger partial charge on any atom is 0.339 e. The van der Waals surface area contributed by atoms with Crippen LogP contribution in [0.15, 0.2) is 41.5 Å². The van der Waals surface area contributed by atoms with Gasteiger partial charge in [-0.1, -0.05) is 12.1 Å². The minimum Gasteiger partial charge on any atom is -0.490 e. The first-order valence-corrected chi connectivity index (χ1v) is 12.5. The molecule has 1 atom stereocenters. The third kappa shape index (κ3) is 4.36. The minimum atomic E-state index is -1.48. The van der Waals surface area contributed by atoms with Crippen molar-refractivity contribution in [2.75, 3.05) is 6.61 Å². The van der Waals surface area contributed by atoms with Crippen molar-refractivity contribution in [1.29, 1.82) is 0 Å². The van der Waals surface area contributed by atoms with Gasteiger partial charge in [-0.25, -0.2) is 9.18 Å². The van der Waals surface area contributed by atoms with E-state index in [0.29, 0.717) is 34.9 Å². The number of nitrogens with zero attached hydrogens (tertiary/aromatic N) is 2. The Hall–Kier alpha value is -3.98. The topological polar surface area (TPSA) is 106 Å². The third-order valence-electron chi connectivity index (χ3n) is 6.92. The number of aromatic amines is 1. The van der Waals surface area contributed by atoms with E-state index in [9.17, 15) is 14.7 Å². The number of rotatable bonds is 5. The van der Waals surface area contributed by atoms with Crippen LogP contribution in [0.5, 0.6) is 5.75 Å². The van der Waals surface area contributed by atoms with Crippen LogP contribution >= 0.6 is 0 Å². The van der Waals surface area contributed by atoms with Gasteiger partial charge in [-0.3, -0.25) is 9.89 Å². The van der Waals surface area contributed by atoms with Crippen LogP contribution in [0.2, 0.25) is 0 Å². The molecule has 0 amide bonds. The summed E-state index contributed by atoms with van der Waals surface area (Å²) in [6.45, 7) is 7.57. The van der Waals surface area contributed by atoms with Crippen molar-refractivity contribution in [3.63, 3.8) is 0 Å². The van der Waals surface area contributed by atoms with Crippen LogP contribution in [0.1, 0.15) is 50.1 Å². The molecule has 198 valence electrons. The molecule has 0 aliphatic carbocycles. The summed E-state index contributed by atoms with van der Waals surface area (Å²) in [6, 6.07) is 6.75. The van der Waals surface area contributed by atoms with Gasteiger partial charge < -0.3 is 19.1 Å². The van der Waals surface area contributed by atoms with Crippen molar-refractivity contribution in [3.05, 3.63) is 69.7 Å². The highest BCUT2D eigenvalue weighted by molar-refractivity contribution is 6.01. The number of H-pyrrole nitrogens is 1. The Labute approximate surface area is 219 Å². The first-order valence-electron chi connectivity index (χ1n) is 12.5. The van der Waals surface area contributed by atoms with E-state index in [1.54, 1.807) is 45.3 Å². The Morgan fingerprint density at radius 2 is 2.00 bits per heavy atom. The van der Waals surface area contributed by atoms with E-state index in [4.69, 9.17) is 9.47 Å². The van der Waals surface area contributed by atoms with E-state index in [2.05, 4.69) is 10.2 Å². The first-order chi connectivity index (χ1) is 18.0. The van der Waals surface area contributed by atoms with Gasteiger partial charge in [-0.05, 0) is 74.7 Å². The summed E-state index contributed by atoms with van der Waals surface area (Å²) in [5.41, 5.74) is 2.98. The van der Waals surface area contributed by atoms with Gasteiger partial charge >= 0.3 is 5.97 Å². The highest BCUT2D eigenvalue weighted by atomic mass is 19.1. The van der Waals surface area contributed by atoms with E-state index in [1.807, 2.05) is 13.0 Å². The number of fused-ring (bicyclic) bond motifs is 2. The predicted molar refractivity (Wildman–Crippen MR) is 142 cm³/mol. The number of carboxylic acids is 1. The van der Waals surface area contributed by atoms with Gasteiger partial charge in [0.05, 0.1) is 24.1 Å². The molecule has 0 saturated heterocycles. The van der Waals surface area contributed by atoms with E-state index >= 15 is 4.39 Å². The lowest BCUT2D eigenvalue weighted by atomic mass is 9.87. The standard InChI is InChI=1S/C29H30FN3O5/c1-15-18-7-6-10-37-25(18)22(30)12-20(15)23-19-9-8-16(17-13-31-32-14-17)11-21(19)27(34)33(5)24(23)26(28(35)36)38-29(2,3)4/h8-9,11-14,26H,6-7,10H2,1-5H3,(H,31,32)(H,35,36)/t26-/m0/s1. The predicted octanol–water partition coefficient (Wildman–Crippen LogP) is 5.31. The highest BCUT2D eigenvalue weighted by Gasteiger charge is 2.34. The maximum absolute atomic E-state index is 15.4. The Balaban J connectivity index is 1.91. The molecule has 3 heterocycles. The number of aliphatic carboxylic acids is 1. The second-order valence-corrected chi connectivity index (χ2v) is 10.6. The number of halogens is 1. The van der Waals surface area contributed by atoms with Gasteiger partial charge in [0.15, 0.2) is 17.7 Å². The van der Waals surface area contributed by atoms with Crippen molar-refractivity contribution in [2.24, 2.45) is 7.05 Å². The van der Waals surface area contributed by atoms with Gasteiger partial charge in [0, 0.05) is 35.3 Å². The molecule has 9 heteroatoms. The monoisotopic (exact) mass is 519 g/mol. The molecule has 1 aliphatic heterocycles. The zero-order valence-electron chi connectivity index (χ0n) is 22.0. The van der Waals surface area contributed by atoms with Crippen LogP contribution in [-0.2, 0) is 23.0 Å². The van der Waals surface area contributed by atoms with Gasteiger partial charge in [0.2, 0.25) is 0 Å². The van der Waals surface area contributed by atoms with Crippen molar-refractivity contribution in [3.8, 4) is 28.0 Å². The smallest absolute Gasteiger partial charge is 0.339 e.